The minimum atomic E-state index is -3.61. The second-order valence-corrected chi connectivity index (χ2v) is 7.11. The van der Waals surface area contributed by atoms with Crippen LogP contribution in [0.5, 0.6) is 0 Å². The molecular formula is C11H15BrClFN2O2S. The van der Waals surface area contributed by atoms with Gasteiger partial charge in [0.2, 0.25) is 10.0 Å². The van der Waals surface area contributed by atoms with Crippen LogP contribution in [-0.2, 0) is 10.0 Å². The third-order valence-corrected chi connectivity index (χ3v) is 5.57. The lowest BCUT2D eigenvalue weighted by molar-refractivity contribution is 0.320. The third-order valence-electron chi connectivity index (χ3n) is 3.03. The maximum Gasteiger partial charge on any atom is 0.243 e. The Kier molecular flexibility index (Phi) is 5.76. The predicted octanol–water partition coefficient (Wildman–Crippen LogP) is 2.12. The zero-order valence-electron chi connectivity index (χ0n) is 10.1. The van der Waals surface area contributed by atoms with E-state index in [0.29, 0.717) is 25.9 Å². The molecule has 8 heteroatoms. The van der Waals surface area contributed by atoms with E-state index in [9.17, 15) is 12.8 Å². The number of nitrogens with zero attached hydrogens (tertiary/aromatic N) is 1. The van der Waals surface area contributed by atoms with Crippen molar-refractivity contribution < 1.29 is 12.8 Å². The summed E-state index contributed by atoms with van der Waals surface area (Å²) in [6, 6.07) is 3.89. The van der Waals surface area contributed by atoms with Gasteiger partial charge in [0.15, 0.2) is 0 Å². The average Bonchev–Trinajstić information content (AvgIpc) is 2.33. The van der Waals surface area contributed by atoms with Crippen LogP contribution in [0.4, 0.5) is 4.39 Å². The Labute approximate surface area is 126 Å². The minimum Gasteiger partial charge on any atom is -0.328 e. The van der Waals surface area contributed by atoms with Crippen LogP contribution in [0.3, 0.4) is 0 Å². The third kappa shape index (κ3) is 3.66. The lowest BCUT2D eigenvalue weighted by Gasteiger charge is -2.29. The fraction of sp³-hybridized carbons (Fsp3) is 0.455. The van der Waals surface area contributed by atoms with Crippen LogP contribution in [0.15, 0.2) is 27.6 Å². The van der Waals surface area contributed by atoms with E-state index in [-0.39, 0.29) is 27.8 Å². The Morgan fingerprint density at radius 1 is 1.32 bits per heavy atom. The molecule has 1 aromatic carbocycles. The van der Waals surface area contributed by atoms with Crippen molar-refractivity contribution in [1.29, 1.82) is 0 Å². The molecule has 2 N–H and O–H groups in total. The molecule has 1 aromatic rings. The maximum atomic E-state index is 13.4. The molecule has 0 aliphatic carbocycles. The van der Waals surface area contributed by atoms with Gasteiger partial charge in [-0.05, 0) is 47.0 Å². The number of benzene rings is 1. The Morgan fingerprint density at radius 3 is 2.42 bits per heavy atom. The van der Waals surface area contributed by atoms with Gasteiger partial charge in [-0.15, -0.1) is 12.4 Å². The molecular weight excluding hydrogens is 359 g/mol. The predicted molar refractivity (Wildman–Crippen MR) is 77.3 cm³/mol. The number of piperidine rings is 1. The van der Waals surface area contributed by atoms with Crippen LogP contribution in [0.1, 0.15) is 12.8 Å². The van der Waals surface area contributed by atoms with E-state index in [1.54, 1.807) is 0 Å². The topological polar surface area (TPSA) is 63.4 Å². The first kappa shape index (κ1) is 16.8. The van der Waals surface area contributed by atoms with Crippen molar-refractivity contribution in [3.05, 3.63) is 28.5 Å². The molecule has 1 aliphatic rings. The Balaban J connectivity index is 0.00000180. The van der Waals surface area contributed by atoms with E-state index in [0.717, 1.165) is 6.07 Å². The molecule has 108 valence electrons. The van der Waals surface area contributed by atoms with Gasteiger partial charge < -0.3 is 5.73 Å². The number of rotatable bonds is 2. The summed E-state index contributed by atoms with van der Waals surface area (Å²) in [6.07, 6.45) is 1.27. The van der Waals surface area contributed by atoms with Gasteiger partial charge in [0.05, 0.1) is 9.37 Å². The van der Waals surface area contributed by atoms with Gasteiger partial charge in [0.1, 0.15) is 5.82 Å². The van der Waals surface area contributed by atoms with E-state index in [2.05, 4.69) is 15.9 Å². The molecule has 0 spiro atoms. The lowest BCUT2D eigenvalue weighted by Crippen LogP contribution is -2.42. The van der Waals surface area contributed by atoms with Gasteiger partial charge in [-0.25, -0.2) is 12.8 Å². The number of sulfonamides is 1. The molecule has 1 heterocycles. The summed E-state index contributed by atoms with van der Waals surface area (Å²) < 4.78 is 39.5. The highest BCUT2D eigenvalue weighted by Gasteiger charge is 2.28. The van der Waals surface area contributed by atoms with Crippen LogP contribution in [0.25, 0.3) is 0 Å². The van der Waals surface area contributed by atoms with Gasteiger partial charge in [0.25, 0.3) is 0 Å². The zero-order valence-corrected chi connectivity index (χ0v) is 13.3. The number of hydrogen-bond donors (Lipinski definition) is 1. The van der Waals surface area contributed by atoms with Crippen molar-refractivity contribution in [1.82, 2.24) is 4.31 Å². The first-order valence-electron chi connectivity index (χ1n) is 5.62. The number of nitrogens with two attached hydrogens (primary N) is 1. The fourth-order valence-corrected chi connectivity index (χ4v) is 3.63. The summed E-state index contributed by atoms with van der Waals surface area (Å²) in [6.45, 7) is 0.780. The van der Waals surface area contributed by atoms with Gasteiger partial charge in [-0.2, -0.15) is 4.31 Å². The molecule has 0 radical (unpaired) electrons. The van der Waals surface area contributed by atoms with E-state index in [4.69, 9.17) is 5.73 Å². The van der Waals surface area contributed by atoms with Gasteiger partial charge in [-0.1, -0.05) is 0 Å². The monoisotopic (exact) mass is 372 g/mol. The van der Waals surface area contributed by atoms with E-state index >= 15 is 0 Å². The fourth-order valence-electron chi connectivity index (χ4n) is 1.90. The minimum absolute atomic E-state index is 0. The quantitative estimate of drug-likeness (QED) is 0.864. The molecule has 0 aromatic heterocycles. The molecule has 19 heavy (non-hydrogen) atoms. The standard InChI is InChI=1S/C11H14BrFN2O2S.ClH/c12-10-2-1-9(7-11(10)13)18(16,17)15-5-3-8(14)4-6-15;/h1-2,7-8H,3-6,14H2;1H. The molecule has 1 fully saturated rings. The van der Waals surface area contributed by atoms with Gasteiger partial charge >= 0.3 is 0 Å². The number of hydrogen-bond acceptors (Lipinski definition) is 3. The van der Waals surface area contributed by atoms with Crippen LogP contribution in [0.2, 0.25) is 0 Å². The van der Waals surface area contributed by atoms with Crippen molar-refractivity contribution in [3.63, 3.8) is 0 Å². The second kappa shape index (κ2) is 6.49. The highest BCUT2D eigenvalue weighted by atomic mass is 79.9. The molecule has 1 aliphatic heterocycles. The first-order valence-corrected chi connectivity index (χ1v) is 7.85. The van der Waals surface area contributed by atoms with Crippen LogP contribution >= 0.6 is 28.3 Å². The summed E-state index contributed by atoms with van der Waals surface area (Å²) in [4.78, 5) is -0.0151. The van der Waals surface area contributed by atoms with Crippen molar-refractivity contribution >= 4 is 38.4 Å². The normalized spacial score (nSPS) is 18.1. The highest BCUT2D eigenvalue weighted by molar-refractivity contribution is 9.10. The lowest BCUT2D eigenvalue weighted by atomic mass is 10.1. The molecule has 2 rings (SSSR count). The summed E-state index contributed by atoms with van der Waals surface area (Å²) in [5, 5.41) is 0. The van der Waals surface area contributed by atoms with Gasteiger partial charge in [0, 0.05) is 19.1 Å². The van der Waals surface area contributed by atoms with Crippen LogP contribution in [0, 0.1) is 5.82 Å². The summed E-state index contributed by atoms with van der Waals surface area (Å²) in [5.41, 5.74) is 5.74. The van der Waals surface area contributed by atoms with Gasteiger partial charge in [-0.3, -0.25) is 0 Å². The van der Waals surface area contributed by atoms with Crippen molar-refractivity contribution in [2.24, 2.45) is 5.73 Å². The average molecular weight is 374 g/mol. The van der Waals surface area contributed by atoms with Crippen molar-refractivity contribution in [3.8, 4) is 0 Å². The van der Waals surface area contributed by atoms with Crippen LogP contribution < -0.4 is 5.73 Å². The largest absolute Gasteiger partial charge is 0.328 e. The SMILES string of the molecule is Cl.NC1CCN(S(=O)(=O)c2ccc(Br)c(F)c2)CC1. The summed E-state index contributed by atoms with van der Waals surface area (Å²) in [5.74, 6) is -0.579. The smallest absolute Gasteiger partial charge is 0.243 e. The number of halogens is 3. The Bertz CT molecular complexity index is 548. The molecule has 1 saturated heterocycles. The summed E-state index contributed by atoms with van der Waals surface area (Å²) >= 11 is 3.00. The Hall–Kier alpha value is -0.210. The summed E-state index contributed by atoms with van der Waals surface area (Å²) in [7, 11) is -3.61. The van der Waals surface area contributed by atoms with Crippen molar-refractivity contribution in [2.45, 2.75) is 23.8 Å². The Morgan fingerprint density at radius 2 is 1.89 bits per heavy atom. The van der Waals surface area contributed by atoms with Crippen molar-refractivity contribution in [2.75, 3.05) is 13.1 Å². The van der Waals surface area contributed by atoms with E-state index in [1.807, 2.05) is 0 Å². The molecule has 4 nitrogen and oxygen atoms in total. The zero-order chi connectivity index (χ0) is 13.3. The van der Waals surface area contributed by atoms with E-state index < -0.39 is 15.8 Å². The molecule has 0 saturated carbocycles. The molecule has 0 atom stereocenters. The highest BCUT2D eigenvalue weighted by Crippen LogP contribution is 2.24. The second-order valence-electron chi connectivity index (χ2n) is 4.32. The molecule has 0 unspecified atom stereocenters. The first-order chi connectivity index (χ1) is 8.41. The molecule has 0 amide bonds. The molecule has 0 bridgehead atoms. The maximum absolute atomic E-state index is 13.4. The van der Waals surface area contributed by atoms with Crippen LogP contribution in [-0.4, -0.2) is 31.9 Å². The van der Waals surface area contributed by atoms with E-state index in [1.165, 1.54) is 16.4 Å².